The van der Waals surface area contributed by atoms with Crippen LogP contribution in [0.1, 0.15) is 28.2 Å². The number of ether oxygens (including phenoxy) is 1. The molecule has 0 unspecified atom stereocenters. The fourth-order valence-electron chi connectivity index (χ4n) is 2.30. The largest absolute Gasteiger partial charge is 0.497 e. The molecule has 0 N–H and O–H groups in total. The molecular weight excluding hydrogens is 308 g/mol. The average Bonchev–Trinajstić information content (AvgIpc) is 2.62. The number of nitro groups is 1. The highest BCUT2D eigenvalue weighted by Gasteiger charge is 2.26. The summed E-state index contributed by atoms with van der Waals surface area (Å²) in [4.78, 5) is 10.7. The summed E-state index contributed by atoms with van der Waals surface area (Å²) >= 11 is 0. The Morgan fingerprint density at radius 3 is 2.12 bits per heavy atom. The molecule has 1 atom stereocenters. The molecule has 0 fully saturated rings. The van der Waals surface area contributed by atoms with Crippen molar-refractivity contribution < 1.29 is 9.66 Å². The first kappa shape index (κ1) is 16.5. The van der Waals surface area contributed by atoms with Gasteiger partial charge in [0, 0.05) is 6.07 Å². The number of benzene rings is 2. The van der Waals surface area contributed by atoms with Crippen molar-refractivity contribution in [2.45, 2.75) is 5.92 Å². The highest BCUT2D eigenvalue weighted by atomic mass is 16.6. The number of rotatable bonds is 4. The molecule has 2 aromatic carbocycles. The van der Waals surface area contributed by atoms with Gasteiger partial charge < -0.3 is 4.74 Å². The van der Waals surface area contributed by atoms with Crippen molar-refractivity contribution in [1.82, 2.24) is 0 Å². The van der Waals surface area contributed by atoms with Crippen LogP contribution in [-0.2, 0) is 0 Å². The zero-order chi connectivity index (χ0) is 17.7. The maximum absolute atomic E-state index is 11.3. The van der Waals surface area contributed by atoms with Gasteiger partial charge in [0.05, 0.1) is 34.8 Å². The van der Waals surface area contributed by atoms with Crippen LogP contribution in [-0.4, -0.2) is 12.0 Å². The van der Waals surface area contributed by atoms with E-state index < -0.39 is 10.8 Å². The van der Waals surface area contributed by atoms with Crippen LogP contribution in [0, 0.1) is 44.1 Å². The molecule has 0 saturated carbocycles. The summed E-state index contributed by atoms with van der Waals surface area (Å²) < 4.78 is 5.05. The van der Waals surface area contributed by atoms with Crippen LogP contribution in [0.5, 0.6) is 5.75 Å². The van der Waals surface area contributed by atoms with Gasteiger partial charge in [-0.15, -0.1) is 0 Å². The van der Waals surface area contributed by atoms with E-state index in [2.05, 4.69) is 0 Å². The van der Waals surface area contributed by atoms with Gasteiger partial charge in [0.15, 0.2) is 0 Å². The van der Waals surface area contributed by atoms with E-state index in [0.29, 0.717) is 11.3 Å². The summed E-state index contributed by atoms with van der Waals surface area (Å²) in [5.74, 6) is -0.362. The maximum atomic E-state index is 11.3. The summed E-state index contributed by atoms with van der Waals surface area (Å²) in [6, 6.07) is 14.4. The zero-order valence-electron chi connectivity index (χ0n) is 12.6. The summed E-state index contributed by atoms with van der Waals surface area (Å²) in [7, 11) is 1.50. The van der Waals surface area contributed by atoms with Gasteiger partial charge in [0.25, 0.3) is 5.69 Å². The van der Waals surface area contributed by atoms with Crippen LogP contribution in [0.2, 0.25) is 0 Å². The normalized spacial score (nSPS) is 10.8. The van der Waals surface area contributed by atoms with E-state index in [4.69, 9.17) is 15.3 Å². The lowest BCUT2D eigenvalue weighted by Gasteiger charge is -2.12. The van der Waals surface area contributed by atoms with Crippen molar-refractivity contribution in [2.75, 3.05) is 7.11 Å². The average molecular weight is 318 g/mol. The quantitative estimate of drug-likeness (QED) is 0.630. The van der Waals surface area contributed by atoms with Crippen LogP contribution in [0.3, 0.4) is 0 Å². The second kappa shape index (κ2) is 6.91. The standard InChI is InChI=1S/C17H10N4O3/c1-24-14-4-2-11(3-5-14)16(10-20)15-6-12(8-18)13(9-19)7-17(15)21(22)23/h2-7,16H,1H3/t16-/m0/s1. The number of hydrogen-bond acceptors (Lipinski definition) is 6. The molecule has 7 heteroatoms. The third kappa shape index (κ3) is 2.99. The number of nitrogens with zero attached hydrogens (tertiary/aromatic N) is 4. The van der Waals surface area contributed by atoms with Gasteiger partial charge in [-0.3, -0.25) is 10.1 Å². The molecule has 0 bridgehead atoms. The lowest BCUT2D eigenvalue weighted by Crippen LogP contribution is -2.05. The van der Waals surface area contributed by atoms with E-state index >= 15 is 0 Å². The molecular formula is C17H10N4O3. The Hall–Kier alpha value is -3.89. The molecule has 2 rings (SSSR count). The van der Waals surface area contributed by atoms with Crippen molar-refractivity contribution in [3.63, 3.8) is 0 Å². The van der Waals surface area contributed by atoms with E-state index in [1.165, 1.54) is 13.2 Å². The van der Waals surface area contributed by atoms with Crippen molar-refractivity contribution in [2.24, 2.45) is 0 Å². The smallest absolute Gasteiger partial charge is 0.275 e. The lowest BCUT2D eigenvalue weighted by atomic mass is 9.89. The van der Waals surface area contributed by atoms with Crippen LogP contribution >= 0.6 is 0 Å². The molecule has 0 aliphatic carbocycles. The Labute approximate surface area is 137 Å². The molecule has 116 valence electrons. The molecule has 0 aromatic heterocycles. The second-order valence-electron chi connectivity index (χ2n) is 4.77. The Kier molecular flexibility index (Phi) is 4.75. The molecule has 0 radical (unpaired) electrons. The second-order valence-corrected chi connectivity index (χ2v) is 4.77. The number of nitriles is 3. The van der Waals surface area contributed by atoms with Crippen molar-refractivity contribution in [3.05, 3.63) is 68.8 Å². The molecule has 7 nitrogen and oxygen atoms in total. The van der Waals surface area contributed by atoms with Gasteiger partial charge in [-0.25, -0.2) is 0 Å². The summed E-state index contributed by atoms with van der Waals surface area (Å²) in [5.41, 5.74) is 0.123. The minimum Gasteiger partial charge on any atom is -0.497 e. The van der Waals surface area contributed by atoms with E-state index in [-0.39, 0.29) is 22.4 Å². The molecule has 0 aliphatic heterocycles. The SMILES string of the molecule is COc1ccc([C@H](C#N)c2cc(C#N)c(C#N)cc2[N+](=O)[O-])cc1. The fraction of sp³-hybridized carbons (Fsp3) is 0.118. The molecule has 0 aliphatic rings. The van der Waals surface area contributed by atoms with E-state index in [1.807, 2.05) is 12.1 Å². The Morgan fingerprint density at radius 2 is 1.67 bits per heavy atom. The van der Waals surface area contributed by atoms with Crippen molar-refractivity contribution in [1.29, 1.82) is 15.8 Å². The monoisotopic (exact) mass is 318 g/mol. The predicted octanol–water partition coefficient (Wildman–Crippen LogP) is 3.00. The molecule has 2 aromatic rings. The Morgan fingerprint density at radius 1 is 1.08 bits per heavy atom. The van der Waals surface area contributed by atoms with Crippen LogP contribution in [0.25, 0.3) is 0 Å². The minimum atomic E-state index is -0.948. The van der Waals surface area contributed by atoms with Crippen molar-refractivity contribution >= 4 is 5.69 Å². The van der Waals surface area contributed by atoms with E-state index in [0.717, 1.165) is 6.07 Å². The van der Waals surface area contributed by atoms with Crippen LogP contribution in [0.4, 0.5) is 5.69 Å². The summed E-state index contributed by atoms with van der Waals surface area (Å²) in [5, 5.41) is 39.0. The predicted molar refractivity (Wildman–Crippen MR) is 83.0 cm³/mol. The summed E-state index contributed by atoms with van der Waals surface area (Å²) in [6.07, 6.45) is 0. The molecule has 24 heavy (non-hydrogen) atoms. The van der Waals surface area contributed by atoms with Gasteiger partial charge in [-0.1, -0.05) is 12.1 Å². The van der Waals surface area contributed by atoms with E-state index in [9.17, 15) is 15.4 Å². The third-order valence-electron chi connectivity index (χ3n) is 3.49. The first-order chi connectivity index (χ1) is 11.5. The lowest BCUT2D eigenvalue weighted by molar-refractivity contribution is -0.385. The van der Waals surface area contributed by atoms with Gasteiger partial charge in [0.1, 0.15) is 23.8 Å². The first-order valence-electron chi connectivity index (χ1n) is 6.71. The fourth-order valence-corrected chi connectivity index (χ4v) is 2.30. The highest BCUT2D eigenvalue weighted by molar-refractivity contribution is 5.60. The van der Waals surface area contributed by atoms with Gasteiger partial charge in [-0.05, 0) is 23.8 Å². The van der Waals surface area contributed by atoms with Gasteiger partial charge in [0.2, 0.25) is 0 Å². The van der Waals surface area contributed by atoms with Gasteiger partial charge in [-0.2, -0.15) is 15.8 Å². The van der Waals surface area contributed by atoms with E-state index in [1.54, 1.807) is 30.3 Å². The molecule has 0 amide bonds. The number of methoxy groups -OCH3 is 1. The molecule has 0 spiro atoms. The Bertz CT molecular complexity index is 915. The summed E-state index contributed by atoms with van der Waals surface area (Å²) in [6.45, 7) is 0. The van der Waals surface area contributed by atoms with Crippen LogP contribution in [0.15, 0.2) is 36.4 Å². The Balaban J connectivity index is 2.67. The number of nitro benzene ring substituents is 1. The van der Waals surface area contributed by atoms with Gasteiger partial charge >= 0.3 is 0 Å². The topological polar surface area (TPSA) is 124 Å². The maximum Gasteiger partial charge on any atom is 0.275 e. The molecule has 0 saturated heterocycles. The first-order valence-corrected chi connectivity index (χ1v) is 6.71. The molecule has 0 heterocycles. The number of hydrogen-bond donors (Lipinski definition) is 0. The highest BCUT2D eigenvalue weighted by Crippen LogP contribution is 2.34. The zero-order valence-corrected chi connectivity index (χ0v) is 12.6. The van der Waals surface area contributed by atoms with Crippen LogP contribution < -0.4 is 4.74 Å². The van der Waals surface area contributed by atoms with Crippen molar-refractivity contribution in [3.8, 4) is 24.0 Å². The minimum absolute atomic E-state index is 0.00754. The third-order valence-corrected chi connectivity index (χ3v) is 3.49.